The van der Waals surface area contributed by atoms with Gasteiger partial charge in [-0.05, 0) is 42.7 Å². The molecule has 0 amide bonds. The molecule has 0 bridgehead atoms. The summed E-state index contributed by atoms with van der Waals surface area (Å²) >= 11 is 12.3. The van der Waals surface area contributed by atoms with Gasteiger partial charge in [-0.15, -0.1) is 0 Å². The van der Waals surface area contributed by atoms with Crippen LogP contribution in [-0.2, 0) is 22.4 Å². The second kappa shape index (κ2) is 8.23. The molecule has 0 saturated heterocycles. The summed E-state index contributed by atoms with van der Waals surface area (Å²) in [7, 11) is 0. The monoisotopic (exact) mass is 352 g/mol. The number of benzene rings is 2. The van der Waals surface area contributed by atoms with Crippen LogP contribution in [0.3, 0.4) is 0 Å². The molecule has 0 aliphatic heterocycles. The number of ether oxygens (including phenoxy) is 2. The fourth-order valence-electron chi connectivity index (χ4n) is 2.16. The third-order valence-corrected chi connectivity index (χ3v) is 3.89. The highest BCUT2D eigenvalue weighted by atomic mass is 35.5. The summed E-state index contributed by atoms with van der Waals surface area (Å²) in [6.45, 7) is 4.18. The zero-order chi connectivity index (χ0) is 16.8. The maximum atomic E-state index is 11.6. The van der Waals surface area contributed by atoms with Crippen molar-refractivity contribution >= 4 is 29.2 Å². The molecule has 3 nitrogen and oxygen atoms in total. The van der Waals surface area contributed by atoms with E-state index in [9.17, 15) is 4.79 Å². The van der Waals surface area contributed by atoms with E-state index in [0.29, 0.717) is 28.2 Å². The molecule has 2 aromatic rings. The minimum atomic E-state index is -0.265. The van der Waals surface area contributed by atoms with Crippen molar-refractivity contribution in [1.29, 1.82) is 0 Å². The van der Waals surface area contributed by atoms with Crippen LogP contribution in [0, 0.1) is 0 Å². The lowest BCUT2D eigenvalue weighted by Crippen LogP contribution is -2.07. The number of aryl methyl sites for hydroxylation is 1. The van der Waals surface area contributed by atoms with Gasteiger partial charge in [0, 0.05) is 0 Å². The molecule has 0 aromatic heterocycles. The van der Waals surface area contributed by atoms with Gasteiger partial charge in [0.2, 0.25) is 0 Å². The Morgan fingerprint density at radius 3 is 2.39 bits per heavy atom. The molecule has 0 N–H and O–H groups in total. The second-order valence-electron chi connectivity index (χ2n) is 4.93. The molecule has 2 rings (SSSR count). The van der Waals surface area contributed by atoms with E-state index in [4.69, 9.17) is 32.7 Å². The summed E-state index contributed by atoms with van der Waals surface area (Å²) in [5.41, 5.74) is 1.83. The van der Waals surface area contributed by atoms with Crippen LogP contribution in [0.2, 0.25) is 10.0 Å². The number of carbonyl (C=O) groups is 1. The lowest BCUT2D eigenvalue weighted by molar-refractivity contribution is -0.142. The summed E-state index contributed by atoms with van der Waals surface area (Å²) in [6, 6.07) is 10.9. The molecule has 0 aliphatic carbocycles. The fourth-order valence-corrected chi connectivity index (χ4v) is 2.64. The molecule has 0 saturated carbocycles. The number of para-hydroxylation sites is 1. The number of carbonyl (C=O) groups excluding carboxylic acids is 1. The van der Waals surface area contributed by atoms with Crippen LogP contribution in [0.4, 0.5) is 0 Å². The normalized spacial score (nSPS) is 10.4. The summed E-state index contributed by atoms with van der Waals surface area (Å²) in [5.74, 6) is 0.793. The highest BCUT2D eigenvalue weighted by Gasteiger charge is 2.13. The summed E-state index contributed by atoms with van der Waals surface area (Å²) in [6.07, 6.45) is 0.988. The molecule has 0 fully saturated rings. The molecule has 5 heteroatoms. The highest BCUT2D eigenvalue weighted by Crippen LogP contribution is 2.37. The topological polar surface area (TPSA) is 35.5 Å². The first-order chi connectivity index (χ1) is 11.0. The third-order valence-electron chi connectivity index (χ3n) is 3.30. The largest absolute Gasteiger partial charge is 0.466 e. The molecular weight excluding hydrogens is 335 g/mol. The lowest BCUT2D eigenvalue weighted by Gasteiger charge is -2.14. The molecule has 0 unspecified atom stereocenters. The van der Waals surface area contributed by atoms with Gasteiger partial charge in [-0.2, -0.15) is 0 Å². The molecule has 0 heterocycles. The molecular formula is C18H18Cl2O3. The van der Waals surface area contributed by atoms with Crippen molar-refractivity contribution in [1.82, 2.24) is 0 Å². The van der Waals surface area contributed by atoms with Gasteiger partial charge in [-0.3, -0.25) is 4.79 Å². The first kappa shape index (κ1) is 17.6. The Labute approximate surface area is 146 Å². The maximum Gasteiger partial charge on any atom is 0.310 e. The first-order valence-electron chi connectivity index (χ1n) is 7.44. The van der Waals surface area contributed by atoms with Crippen molar-refractivity contribution in [3.8, 4) is 11.5 Å². The Morgan fingerprint density at radius 2 is 1.78 bits per heavy atom. The van der Waals surface area contributed by atoms with E-state index in [0.717, 1.165) is 17.5 Å². The van der Waals surface area contributed by atoms with Gasteiger partial charge in [-0.25, -0.2) is 0 Å². The highest BCUT2D eigenvalue weighted by molar-refractivity contribution is 6.37. The van der Waals surface area contributed by atoms with Crippen molar-refractivity contribution in [2.75, 3.05) is 6.61 Å². The number of rotatable bonds is 6. The van der Waals surface area contributed by atoms with E-state index >= 15 is 0 Å². The van der Waals surface area contributed by atoms with Crippen molar-refractivity contribution in [3.05, 3.63) is 57.6 Å². The van der Waals surface area contributed by atoms with E-state index in [1.54, 1.807) is 25.1 Å². The van der Waals surface area contributed by atoms with Gasteiger partial charge in [0.1, 0.15) is 5.75 Å². The summed E-state index contributed by atoms with van der Waals surface area (Å²) in [5, 5.41) is 0.880. The first-order valence-corrected chi connectivity index (χ1v) is 8.20. The molecule has 0 radical (unpaired) electrons. The van der Waals surface area contributed by atoms with Gasteiger partial charge in [0.05, 0.1) is 23.1 Å². The predicted octanol–water partition coefficient (Wildman–Crippen LogP) is 5.45. The van der Waals surface area contributed by atoms with Crippen LogP contribution in [0.15, 0.2) is 36.4 Å². The molecule has 0 atom stereocenters. The SMILES string of the molecule is CCOC(=O)Cc1ccc(CC)c(Oc2c(Cl)cccc2Cl)c1. The van der Waals surface area contributed by atoms with Gasteiger partial charge in [0.15, 0.2) is 5.75 Å². The molecule has 122 valence electrons. The zero-order valence-corrected chi connectivity index (χ0v) is 14.6. The van der Waals surface area contributed by atoms with Crippen molar-refractivity contribution in [2.45, 2.75) is 26.7 Å². The minimum absolute atomic E-state index is 0.199. The lowest BCUT2D eigenvalue weighted by atomic mass is 10.1. The van der Waals surface area contributed by atoms with E-state index in [1.165, 1.54) is 0 Å². The molecule has 0 spiro atoms. The fraction of sp³-hybridized carbons (Fsp3) is 0.278. The Hall–Kier alpha value is -1.71. The van der Waals surface area contributed by atoms with Crippen LogP contribution >= 0.6 is 23.2 Å². The standard InChI is InChI=1S/C18H18Cl2O3/c1-3-13-9-8-12(11-17(21)22-4-2)10-16(13)23-18-14(19)6-5-7-15(18)20/h5-10H,3-4,11H2,1-2H3. The van der Waals surface area contributed by atoms with Gasteiger partial charge < -0.3 is 9.47 Å². The Balaban J connectivity index is 2.31. The van der Waals surface area contributed by atoms with Crippen LogP contribution < -0.4 is 4.74 Å². The van der Waals surface area contributed by atoms with E-state index in [-0.39, 0.29) is 12.4 Å². The third kappa shape index (κ3) is 4.63. The number of hydrogen-bond donors (Lipinski definition) is 0. The Bertz CT molecular complexity index is 678. The Kier molecular flexibility index (Phi) is 6.31. The minimum Gasteiger partial charge on any atom is -0.466 e. The quantitative estimate of drug-likeness (QED) is 0.648. The van der Waals surface area contributed by atoms with E-state index in [2.05, 4.69) is 0 Å². The van der Waals surface area contributed by atoms with E-state index < -0.39 is 0 Å². The predicted molar refractivity (Wildman–Crippen MR) is 92.7 cm³/mol. The zero-order valence-electron chi connectivity index (χ0n) is 13.1. The smallest absolute Gasteiger partial charge is 0.310 e. The number of halogens is 2. The van der Waals surface area contributed by atoms with Crippen molar-refractivity contribution in [3.63, 3.8) is 0 Å². The van der Waals surface area contributed by atoms with Crippen LogP contribution in [0.5, 0.6) is 11.5 Å². The summed E-state index contributed by atoms with van der Waals surface area (Å²) < 4.78 is 10.9. The van der Waals surface area contributed by atoms with Crippen LogP contribution in [0.1, 0.15) is 25.0 Å². The number of esters is 1. The van der Waals surface area contributed by atoms with Crippen LogP contribution in [0.25, 0.3) is 0 Å². The molecule has 23 heavy (non-hydrogen) atoms. The average molecular weight is 353 g/mol. The average Bonchev–Trinajstić information content (AvgIpc) is 2.51. The van der Waals surface area contributed by atoms with Gasteiger partial charge in [-0.1, -0.05) is 48.3 Å². The van der Waals surface area contributed by atoms with Crippen molar-refractivity contribution in [2.24, 2.45) is 0 Å². The van der Waals surface area contributed by atoms with E-state index in [1.807, 2.05) is 25.1 Å². The second-order valence-corrected chi connectivity index (χ2v) is 5.74. The Morgan fingerprint density at radius 1 is 1.09 bits per heavy atom. The maximum absolute atomic E-state index is 11.6. The van der Waals surface area contributed by atoms with Gasteiger partial charge >= 0.3 is 5.97 Å². The molecule has 2 aromatic carbocycles. The molecule has 0 aliphatic rings. The number of hydrogen-bond acceptors (Lipinski definition) is 3. The van der Waals surface area contributed by atoms with Gasteiger partial charge in [0.25, 0.3) is 0 Å². The van der Waals surface area contributed by atoms with Crippen molar-refractivity contribution < 1.29 is 14.3 Å². The summed E-state index contributed by atoms with van der Waals surface area (Å²) in [4.78, 5) is 11.6. The van der Waals surface area contributed by atoms with Crippen LogP contribution in [-0.4, -0.2) is 12.6 Å².